The Morgan fingerprint density at radius 1 is 1.30 bits per heavy atom. The predicted molar refractivity (Wildman–Crippen MR) is 98.6 cm³/mol. The van der Waals surface area contributed by atoms with Gasteiger partial charge in [0.25, 0.3) is 11.6 Å². The van der Waals surface area contributed by atoms with Crippen molar-refractivity contribution in [2.24, 2.45) is 0 Å². The molecule has 9 heteroatoms. The van der Waals surface area contributed by atoms with Crippen LogP contribution in [-0.2, 0) is 15.0 Å². The molecule has 0 aliphatic heterocycles. The summed E-state index contributed by atoms with van der Waals surface area (Å²) in [6.07, 6.45) is 0. The average Bonchev–Trinajstić information content (AvgIpc) is 2.55. The number of carbonyl (C=O) groups is 3. The van der Waals surface area contributed by atoms with Crippen LogP contribution in [0.15, 0.2) is 18.2 Å². The highest BCUT2D eigenvalue weighted by Crippen LogP contribution is 2.32. The van der Waals surface area contributed by atoms with Crippen molar-refractivity contribution in [3.63, 3.8) is 0 Å². The highest BCUT2D eigenvalue weighted by atomic mass is 16.6. The molecule has 148 valence electrons. The van der Waals surface area contributed by atoms with Crippen molar-refractivity contribution < 1.29 is 24.4 Å². The lowest BCUT2D eigenvalue weighted by atomic mass is 9.85. The first-order chi connectivity index (χ1) is 12.4. The van der Waals surface area contributed by atoms with E-state index in [1.807, 2.05) is 20.8 Å². The monoisotopic (exact) mass is 379 g/mol. The van der Waals surface area contributed by atoms with Gasteiger partial charge in [-0.2, -0.15) is 0 Å². The molecule has 0 saturated carbocycles. The molecule has 0 aliphatic carbocycles. The number of hydrogen-bond donors (Lipinski definition) is 2. The first-order valence-corrected chi connectivity index (χ1v) is 8.43. The number of amides is 2. The molecule has 1 aromatic carbocycles. The van der Waals surface area contributed by atoms with Crippen LogP contribution in [0.5, 0.6) is 0 Å². The minimum absolute atomic E-state index is 0.0191. The van der Waals surface area contributed by atoms with Gasteiger partial charge in [-0.05, 0) is 18.4 Å². The summed E-state index contributed by atoms with van der Waals surface area (Å²) in [5.74, 6) is -2.18. The Hall–Kier alpha value is -2.97. The third kappa shape index (κ3) is 5.77. The van der Waals surface area contributed by atoms with Crippen molar-refractivity contribution in [2.45, 2.75) is 46.1 Å². The third-order valence-electron chi connectivity index (χ3n) is 4.06. The van der Waals surface area contributed by atoms with Gasteiger partial charge < -0.3 is 15.3 Å². The van der Waals surface area contributed by atoms with E-state index in [2.05, 4.69) is 5.32 Å². The summed E-state index contributed by atoms with van der Waals surface area (Å²) < 4.78 is 0. The van der Waals surface area contributed by atoms with Gasteiger partial charge in [-0.3, -0.25) is 19.7 Å². The minimum Gasteiger partial charge on any atom is -0.480 e. The fourth-order valence-electron chi connectivity index (χ4n) is 2.57. The Morgan fingerprint density at radius 2 is 1.89 bits per heavy atom. The van der Waals surface area contributed by atoms with Gasteiger partial charge in [-0.25, -0.2) is 4.79 Å². The number of benzene rings is 1. The summed E-state index contributed by atoms with van der Waals surface area (Å²) in [6, 6.07) is 2.98. The summed E-state index contributed by atoms with van der Waals surface area (Å²) in [6.45, 7) is 8.14. The van der Waals surface area contributed by atoms with E-state index in [0.717, 1.165) is 4.90 Å². The van der Waals surface area contributed by atoms with Crippen molar-refractivity contribution in [3.05, 3.63) is 39.4 Å². The molecule has 1 unspecified atom stereocenters. The zero-order valence-corrected chi connectivity index (χ0v) is 16.1. The lowest BCUT2D eigenvalue weighted by molar-refractivity contribution is -0.386. The smallest absolute Gasteiger partial charge is 0.326 e. The van der Waals surface area contributed by atoms with Crippen LogP contribution >= 0.6 is 0 Å². The number of carboxylic acid groups (broad SMARTS) is 1. The van der Waals surface area contributed by atoms with Crippen molar-refractivity contribution in [3.8, 4) is 0 Å². The molecule has 0 aliphatic rings. The SMILES string of the molecule is CC(=O)NCCN(C(=O)c1ccc(C(C)(C)C)c([N+](=O)[O-])c1)C(C)C(=O)O. The molecule has 2 N–H and O–H groups in total. The molecule has 1 atom stereocenters. The van der Waals surface area contributed by atoms with Crippen molar-refractivity contribution in [1.82, 2.24) is 10.2 Å². The molecule has 1 rings (SSSR count). The number of carboxylic acids is 1. The second-order valence-corrected chi connectivity index (χ2v) is 7.23. The Kier molecular flexibility index (Phi) is 7.04. The summed E-state index contributed by atoms with van der Waals surface area (Å²) in [5.41, 5.74) is -0.201. The molecule has 0 spiro atoms. The van der Waals surface area contributed by atoms with Gasteiger partial charge in [-0.1, -0.05) is 26.8 Å². The van der Waals surface area contributed by atoms with E-state index in [4.69, 9.17) is 0 Å². The Morgan fingerprint density at radius 3 is 2.33 bits per heavy atom. The molecule has 0 heterocycles. The minimum atomic E-state index is -1.22. The van der Waals surface area contributed by atoms with E-state index in [9.17, 15) is 29.6 Å². The molecule has 9 nitrogen and oxygen atoms in total. The highest BCUT2D eigenvalue weighted by molar-refractivity contribution is 5.97. The topological polar surface area (TPSA) is 130 Å². The standard InChI is InChI=1S/C18H25N3O6/c1-11(17(24)25)20(9-8-19-12(2)22)16(23)13-6-7-14(18(3,4)5)15(10-13)21(26)27/h6-7,10-11H,8-9H2,1-5H3,(H,19,22)(H,24,25). The van der Waals surface area contributed by atoms with Crippen LogP contribution in [0.1, 0.15) is 50.5 Å². The van der Waals surface area contributed by atoms with Crippen LogP contribution in [0.4, 0.5) is 5.69 Å². The molecule has 0 bridgehead atoms. The molecule has 1 aromatic rings. The van der Waals surface area contributed by atoms with Crippen LogP contribution < -0.4 is 5.32 Å². The van der Waals surface area contributed by atoms with Gasteiger partial charge >= 0.3 is 5.97 Å². The fourth-order valence-corrected chi connectivity index (χ4v) is 2.57. The maximum atomic E-state index is 12.8. The zero-order valence-electron chi connectivity index (χ0n) is 16.1. The first-order valence-electron chi connectivity index (χ1n) is 8.43. The van der Waals surface area contributed by atoms with Gasteiger partial charge in [0, 0.05) is 37.2 Å². The third-order valence-corrected chi connectivity index (χ3v) is 4.06. The van der Waals surface area contributed by atoms with Gasteiger partial charge in [0.05, 0.1) is 4.92 Å². The van der Waals surface area contributed by atoms with E-state index >= 15 is 0 Å². The number of nitro groups is 1. The van der Waals surface area contributed by atoms with Crippen molar-refractivity contribution >= 4 is 23.5 Å². The largest absolute Gasteiger partial charge is 0.480 e. The van der Waals surface area contributed by atoms with E-state index in [1.54, 1.807) is 0 Å². The number of hydrogen-bond acceptors (Lipinski definition) is 5. The molecule has 0 saturated heterocycles. The summed E-state index contributed by atoms with van der Waals surface area (Å²) in [4.78, 5) is 47.1. The van der Waals surface area contributed by atoms with Crippen LogP contribution in [0.3, 0.4) is 0 Å². The van der Waals surface area contributed by atoms with E-state index < -0.39 is 28.3 Å². The van der Waals surface area contributed by atoms with Crippen molar-refractivity contribution in [2.75, 3.05) is 13.1 Å². The molecule has 0 radical (unpaired) electrons. The maximum absolute atomic E-state index is 12.8. The highest BCUT2D eigenvalue weighted by Gasteiger charge is 2.30. The molecule has 27 heavy (non-hydrogen) atoms. The van der Waals surface area contributed by atoms with Crippen LogP contribution in [0, 0.1) is 10.1 Å². The number of nitrogens with one attached hydrogen (secondary N) is 1. The second-order valence-electron chi connectivity index (χ2n) is 7.23. The van der Waals surface area contributed by atoms with Gasteiger partial charge in [0.2, 0.25) is 5.91 Å². The Labute approximate surface area is 157 Å². The molecular formula is C18H25N3O6. The fraction of sp³-hybridized carbons (Fsp3) is 0.500. The molecule has 2 amide bonds. The van der Waals surface area contributed by atoms with E-state index in [0.29, 0.717) is 5.56 Å². The Bertz CT molecular complexity index is 754. The Balaban J connectivity index is 3.27. The molecule has 0 fully saturated rings. The van der Waals surface area contributed by atoms with E-state index in [1.165, 1.54) is 32.0 Å². The van der Waals surface area contributed by atoms with Crippen LogP contribution in [0.25, 0.3) is 0 Å². The number of nitro benzene ring substituents is 1. The average molecular weight is 379 g/mol. The van der Waals surface area contributed by atoms with Gasteiger partial charge in [-0.15, -0.1) is 0 Å². The quantitative estimate of drug-likeness (QED) is 0.550. The predicted octanol–water partition coefficient (Wildman–Crippen LogP) is 1.94. The normalized spacial score (nSPS) is 12.2. The molecular weight excluding hydrogens is 354 g/mol. The van der Waals surface area contributed by atoms with Crippen molar-refractivity contribution in [1.29, 1.82) is 0 Å². The number of rotatable bonds is 7. The van der Waals surface area contributed by atoms with Gasteiger partial charge in [0.1, 0.15) is 6.04 Å². The summed E-state index contributed by atoms with van der Waals surface area (Å²) >= 11 is 0. The lowest BCUT2D eigenvalue weighted by Gasteiger charge is -2.27. The number of aliphatic carboxylic acids is 1. The second kappa shape index (κ2) is 8.61. The van der Waals surface area contributed by atoms with Crippen LogP contribution in [0.2, 0.25) is 0 Å². The van der Waals surface area contributed by atoms with Gasteiger partial charge in [0.15, 0.2) is 0 Å². The zero-order chi connectivity index (χ0) is 20.9. The lowest BCUT2D eigenvalue weighted by Crippen LogP contribution is -2.46. The first kappa shape index (κ1) is 22.1. The maximum Gasteiger partial charge on any atom is 0.326 e. The summed E-state index contributed by atoms with van der Waals surface area (Å²) in [5, 5.41) is 23.2. The number of carbonyl (C=O) groups excluding carboxylic acids is 2. The number of nitrogens with zero attached hydrogens (tertiary/aromatic N) is 2. The van der Waals surface area contributed by atoms with E-state index in [-0.39, 0.29) is 30.2 Å². The van der Waals surface area contributed by atoms with Crippen LogP contribution in [-0.4, -0.2) is 51.8 Å². The molecule has 0 aromatic heterocycles. The summed E-state index contributed by atoms with van der Waals surface area (Å²) in [7, 11) is 0.